The summed E-state index contributed by atoms with van der Waals surface area (Å²) in [6, 6.07) is 0. The largest absolute Gasteiger partial charge is 0.372 e. The zero-order chi connectivity index (χ0) is 10.6. The number of thioether (sulfide) groups is 1. The van der Waals surface area contributed by atoms with Crippen LogP contribution in [-0.4, -0.2) is 24.6 Å². The highest BCUT2D eigenvalue weighted by Gasteiger charge is 2.07. The normalized spacial score (nSPS) is 11.5. The molecule has 76 valence electrons. The van der Waals surface area contributed by atoms with Crippen LogP contribution in [0.2, 0.25) is 0 Å². The Labute approximate surface area is 95.6 Å². The molecule has 1 heterocycles. The Bertz CT molecular complexity index is 362. The lowest BCUT2D eigenvalue weighted by Crippen LogP contribution is -1.89. The van der Waals surface area contributed by atoms with Gasteiger partial charge in [0.25, 0.3) is 0 Å². The SMILES string of the molecule is CNc1nc(SC)sc1/C=C(/Cl)C=O. The molecule has 0 atom stereocenters. The molecular formula is C8H9ClN2OS2. The summed E-state index contributed by atoms with van der Waals surface area (Å²) in [5.74, 6) is 0.749. The summed E-state index contributed by atoms with van der Waals surface area (Å²) < 4.78 is 0.941. The first-order valence-corrected chi connectivity index (χ1v) is 6.18. The highest BCUT2D eigenvalue weighted by atomic mass is 35.5. The van der Waals surface area contributed by atoms with Gasteiger partial charge in [0.15, 0.2) is 10.6 Å². The van der Waals surface area contributed by atoms with Gasteiger partial charge < -0.3 is 5.32 Å². The van der Waals surface area contributed by atoms with Crippen LogP contribution in [0.1, 0.15) is 4.88 Å². The van der Waals surface area contributed by atoms with Crippen molar-refractivity contribution in [3.05, 3.63) is 9.91 Å². The molecule has 6 heteroatoms. The lowest BCUT2D eigenvalue weighted by molar-refractivity contribution is -0.104. The Morgan fingerprint density at radius 2 is 2.43 bits per heavy atom. The van der Waals surface area contributed by atoms with E-state index in [1.54, 1.807) is 24.9 Å². The molecule has 1 aromatic rings. The van der Waals surface area contributed by atoms with Crippen LogP contribution in [0.25, 0.3) is 6.08 Å². The summed E-state index contributed by atoms with van der Waals surface area (Å²) in [7, 11) is 1.78. The van der Waals surface area contributed by atoms with Crippen LogP contribution in [0.15, 0.2) is 9.37 Å². The summed E-state index contributed by atoms with van der Waals surface area (Å²) in [4.78, 5) is 15.5. The van der Waals surface area contributed by atoms with Crippen LogP contribution in [0, 0.1) is 0 Å². The molecule has 0 saturated carbocycles. The van der Waals surface area contributed by atoms with E-state index in [4.69, 9.17) is 11.6 Å². The molecule has 0 aliphatic heterocycles. The highest BCUT2D eigenvalue weighted by Crippen LogP contribution is 2.30. The Morgan fingerprint density at radius 3 is 2.93 bits per heavy atom. The first-order valence-electron chi connectivity index (χ1n) is 3.76. The number of carbonyl (C=O) groups is 1. The molecule has 1 rings (SSSR count). The topological polar surface area (TPSA) is 42.0 Å². The van der Waals surface area contributed by atoms with Gasteiger partial charge in [0.1, 0.15) is 5.82 Å². The fourth-order valence-corrected chi connectivity index (χ4v) is 2.55. The van der Waals surface area contributed by atoms with Crippen molar-refractivity contribution in [2.24, 2.45) is 0 Å². The van der Waals surface area contributed by atoms with Crippen molar-refractivity contribution in [3.8, 4) is 0 Å². The van der Waals surface area contributed by atoms with Gasteiger partial charge in [-0.25, -0.2) is 4.98 Å². The maximum atomic E-state index is 10.3. The van der Waals surface area contributed by atoms with Crippen LogP contribution in [0.3, 0.4) is 0 Å². The monoisotopic (exact) mass is 248 g/mol. The summed E-state index contributed by atoms with van der Waals surface area (Å²) in [6.45, 7) is 0. The fourth-order valence-electron chi connectivity index (χ4n) is 0.835. The van der Waals surface area contributed by atoms with E-state index in [0.29, 0.717) is 6.29 Å². The molecule has 0 radical (unpaired) electrons. The number of aldehydes is 1. The highest BCUT2D eigenvalue weighted by molar-refractivity contribution is 8.00. The Kier molecular flexibility index (Phi) is 4.44. The van der Waals surface area contributed by atoms with Crippen molar-refractivity contribution >= 4 is 52.9 Å². The summed E-state index contributed by atoms with van der Waals surface area (Å²) in [5.41, 5.74) is 0. The van der Waals surface area contributed by atoms with Crippen molar-refractivity contribution in [3.63, 3.8) is 0 Å². The number of thiazole rings is 1. The number of nitrogens with one attached hydrogen (secondary N) is 1. The van der Waals surface area contributed by atoms with E-state index >= 15 is 0 Å². The second-order valence-electron chi connectivity index (χ2n) is 2.29. The molecule has 0 aliphatic rings. The third-order valence-electron chi connectivity index (χ3n) is 1.43. The van der Waals surface area contributed by atoms with E-state index in [9.17, 15) is 4.79 Å². The lowest BCUT2D eigenvalue weighted by Gasteiger charge is -1.93. The fraction of sp³-hybridized carbons (Fsp3) is 0.250. The number of hydrogen-bond acceptors (Lipinski definition) is 5. The predicted molar refractivity (Wildman–Crippen MR) is 63.3 cm³/mol. The average Bonchev–Trinajstić information content (AvgIpc) is 2.60. The minimum Gasteiger partial charge on any atom is -0.372 e. The van der Waals surface area contributed by atoms with Crippen LogP contribution in [-0.2, 0) is 4.79 Å². The maximum Gasteiger partial charge on any atom is 0.161 e. The van der Waals surface area contributed by atoms with Gasteiger partial charge in [0.2, 0.25) is 0 Å². The van der Waals surface area contributed by atoms with Crippen LogP contribution >= 0.6 is 34.7 Å². The summed E-state index contributed by atoms with van der Waals surface area (Å²) in [5, 5.41) is 3.13. The zero-order valence-electron chi connectivity index (χ0n) is 7.70. The van der Waals surface area contributed by atoms with Gasteiger partial charge in [-0.1, -0.05) is 23.4 Å². The van der Waals surface area contributed by atoms with Gasteiger partial charge in [0, 0.05) is 7.05 Å². The van der Waals surface area contributed by atoms with E-state index in [0.717, 1.165) is 15.0 Å². The minimum absolute atomic E-state index is 0.179. The molecular weight excluding hydrogens is 240 g/mol. The van der Waals surface area contributed by atoms with Crippen LogP contribution < -0.4 is 5.32 Å². The van der Waals surface area contributed by atoms with E-state index in [-0.39, 0.29) is 5.03 Å². The third kappa shape index (κ3) is 2.73. The molecule has 0 spiro atoms. The van der Waals surface area contributed by atoms with Gasteiger partial charge >= 0.3 is 0 Å². The molecule has 0 saturated heterocycles. The maximum absolute atomic E-state index is 10.3. The third-order valence-corrected chi connectivity index (χ3v) is 3.61. The van der Waals surface area contributed by atoms with Crippen molar-refractivity contribution in [2.75, 3.05) is 18.6 Å². The standard InChI is InChI=1S/C8H9ClN2OS2/c1-10-7-6(3-5(9)4-12)14-8(11-7)13-2/h3-4,10H,1-2H3/b5-3+. The van der Waals surface area contributed by atoms with Gasteiger partial charge in [-0.3, -0.25) is 4.79 Å². The Morgan fingerprint density at radius 1 is 1.71 bits per heavy atom. The number of rotatable bonds is 4. The first kappa shape index (κ1) is 11.6. The van der Waals surface area contributed by atoms with Crippen molar-refractivity contribution in [1.29, 1.82) is 0 Å². The van der Waals surface area contributed by atoms with Gasteiger partial charge in [-0.15, -0.1) is 11.3 Å². The Balaban J connectivity index is 3.06. The number of nitrogens with zero attached hydrogens (tertiary/aromatic N) is 1. The molecule has 0 aliphatic carbocycles. The average molecular weight is 249 g/mol. The number of aromatic nitrogens is 1. The van der Waals surface area contributed by atoms with Gasteiger partial charge in [0.05, 0.1) is 9.91 Å². The van der Waals surface area contributed by atoms with E-state index in [1.807, 2.05) is 6.26 Å². The van der Waals surface area contributed by atoms with Crippen molar-refractivity contribution in [2.45, 2.75) is 4.34 Å². The predicted octanol–water partition coefficient (Wildman–Crippen LogP) is 2.69. The number of hydrogen-bond donors (Lipinski definition) is 1. The molecule has 1 N–H and O–H groups in total. The first-order chi connectivity index (χ1) is 6.71. The summed E-state index contributed by atoms with van der Waals surface area (Å²) in [6.07, 6.45) is 4.17. The number of allylic oxidation sites excluding steroid dienone is 1. The molecule has 0 unspecified atom stereocenters. The quantitative estimate of drug-likeness (QED) is 0.505. The number of carbonyl (C=O) groups excluding carboxylic acids is 1. The number of anilines is 1. The van der Waals surface area contributed by atoms with E-state index in [2.05, 4.69) is 10.3 Å². The molecule has 0 aromatic carbocycles. The molecule has 0 bridgehead atoms. The lowest BCUT2D eigenvalue weighted by atomic mass is 10.4. The zero-order valence-corrected chi connectivity index (χ0v) is 10.1. The van der Waals surface area contributed by atoms with Gasteiger partial charge in [-0.05, 0) is 12.3 Å². The van der Waals surface area contributed by atoms with Crippen LogP contribution in [0.4, 0.5) is 5.82 Å². The minimum atomic E-state index is 0.179. The smallest absolute Gasteiger partial charge is 0.161 e. The summed E-state index contributed by atoms with van der Waals surface area (Å²) >= 11 is 8.68. The Hall–Kier alpha value is -0.520. The molecule has 0 fully saturated rings. The van der Waals surface area contributed by atoms with Gasteiger partial charge in [-0.2, -0.15) is 0 Å². The molecule has 3 nitrogen and oxygen atoms in total. The molecule has 0 amide bonds. The van der Waals surface area contributed by atoms with Crippen LogP contribution in [0.5, 0.6) is 0 Å². The molecule has 1 aromatic heterocycles. The second kappa shape index (κ2) is 5.38. The van der Waals surface area contributed by atoms with Crippen molar-refractivity contribution < 1.29 is 4.79 Å². The molecule has 14 heavy (non-hydrogen) atoms. The van der Waals surface area contributed by atoms with E-state index < -0.39 is 0 Å². The second-order valence-corrected chi connectivity index (χ2v) is 4.81. The number of halogens is 1. The van der Waals surface area contributed by atoms with E-state index in [1.165, 1.54) is 11.3 Å². The van der Waals surface area contributed by atoms with Crippen molar-refractivity contribution in [1.82, 2.24) is 4.98 Å².